The minimum atomic E-state index is -0.815. The molecule has 46 heavy (non-hydrogen) atoms. The van der Waals surface area contributed by atoms with Gasteiger partial charge in [-0.2, -0.15) is 4.98 Å². The van der Waals surface area contributed by atoms with Crippen LogP contribution in [0.15, 0.2) is 11.0 Å². The van der Waals surface area contributed by atoms with Gasteiger partial charge < -0.3 is 19.5 Å². The topological polar surface area (TPSA) is 126 Å². The molecule has 0 saturated heterocycles. The van der Waals surface area contributed by atoms with Gasteiger partial charge in [-0.3, -0.25) is 14.2 Å². The summed E-state index contributed by atoms with van der Waals surface area (Å²) in [7, 11) is 0. The summed E-state index contributed by atoms with van der Waals surface area (Å²) in [4.78, 5) is 53.3. The average Bonchev–Trinajstić information content (AvgIpc) is 3.05. The summed E-state index contributed by atoms with van der Waals surface area (Å²) in [5.74, 6) is -2.27. The van der Waals surface area contributed by atoms with E-state index in [1.807, 2.05) is 41.5 Å². The lowest BCUT2D eigenvalue weighted by atomic mass is 9.93. The predicted molar refractivity (Wildman–Crippen MR) is 182 cm³/mol. The fourth-order valence-electron chi connectivity index (χ4n) is 4.55. The van der Waals surface area contributed by atoms with Gasteiger partial charge in [-0.25, -0.2) is 14.0 Å². The Bertz CT molecular complexity index is 1000. The number of nitrogens with zero attached hydrogens (tertiary/aromatic N) is 2. The number of esters is 1. The van der Waals surface area contributed by atoms with Gasteiger partial charge in [0, 0.05) is 25.1 Å². The number of carbonyl (C=O) groups excluding carboxylic acids is 3. The van der Waals surface area contributed by atoms with E-state index in [4.69, 9.17) is 14.2 Å². The van der Waals surface area contributed by atoms with E-state index in [1.165, 1.54) is 0 Å². The second-order valence-electron chi connectivity index (χ2n) is 11.0. The SMILES string of the molecule is CC.CC.CCCCCCC(=O)Nc1nc(=O)n(C(C)CC(C)C(CCC(=O)OCCCCC)OC(=O)OCCCCC)cc1F. The highest BCUT2D eigenvalue weighted by atomic mass is 19.1. The standard InChI is InChI=1S/C31H52FN3O7.2C2H6/c1-6-9-12-13-16-27(36)33-29-25(32)22-35(30(38)34-29)24(5)21-23(4)26(42-31(39)41-20-15-11-8-3)17-18-28(37)40-19-14-10-7-2;2*1-2/h22-24,26H,6-21H2,1-5H3,(H,33,34,36,38);2*1-2H3. The zero-order chi connectivity index (χ0) is 35.3. The van der Waals surface area contributed by atoms with Gasteiger partial charge in [0.1, 0.15) is 6.10 Å². The van der Waals surface area contributed by atoms with E-state index in [1.54, 1.807) is 6.92 Å². The van der Waals surface area contributed by atoms with E-state index >= 15 is 0 Å². The number of hydrogen-bond donors (Lipinski definition) is 1. The average molecular weight is 658 g/mol. The Labute approximate surface area is 277 Å². The number of ether oxygens (including phenoxy) is 3. The maximum atomic E-state index is 14.8. The lowest BCUT2D eigenvalue weighted by Crippen LogP contribution is -2.32. The number of rotatable bonds is 22. The van der Waals surface area contributed by atoms with Crippen LogP contribution in [0.3, 0.4) is 0 Å². The summed E-state index contributed by atoms with van der Waals surface area (Å²) in [5, 5.41) is 2.39. The van der Waals surface area contributed by atoms with Crippen molar-refractivity contribution in [3.05, 3.63) is 22.5 Å². The van der Waals surface area contributed by atoms with Crippen LogP contribution in [-0.2, 0) is 23.8 Å². The fourth-order valence-corrected chi connectivity index (χ4v) is 4.55. The van der Waals surface area contributed by atoms with Crippen LogP contribution in [-0.4, -0.2) is 46.9 Å². The molecule has 3 atom stereocenters. The summed E-state index contributed by atoms with van der Waals surface area (Å²) >= 11 is 0. The van der Waals surface area contributed by atoms with Crippen molar-refractivity contribution in [1.29, 1.82) is 0 Å². The molecule has 0 spiro atoms. The zero-order valence-electron chi connectivity index (χ0n) is 30.3. The number of anilines is 1. The van der Waals surface area contributed by atoms with Crippen molar-refractivity contribution in [3.8, 4) is 0 Å². The molecule has 0 bridgehead atoms. The number of unbranched alkanes of at least 4 members (excludes halogenated alkanes) is 7. The molecule has 0 aliphatic rings. The van der Waals surface area contributed by atoms with E-state index in [9.17, 15) is 23.6 Å². The molecule has 0 fully saturated rings. The number of carbonyl (C=O) groups is 3. The molecule has 1 aromatic heterocycles. The van der Waals surface area contributed by atoms with Gasteiger partial charge >= 0.3 is 17.8 Å². The number of amides is 1. The molecule has 268 valence electrons. The van der Waals surface area contributed by atoms with Crippen LogP contribution in [0.1, 0.15) is 158 Å². The molecule has 1 aromatic rings. The fraction of sp³-hybridized carbons (Fsp3) is 0.800. The number of nitrogens with one attached hydrogen (secondary N) is 1. The first-order valence-corrected chi connectivity index (χ1v) is 17.7. The molecule has 1 heterocycles. The van der Waals surface area contributed by atoms with E-state index < -0.39 is 29.8 Å². The Kier molecular flexibility index (Phi) is 28.9. The second kappa shape index (κ2) is 29.4. The van der Waals surface area contributed by atoms with Crippen molar-refractivity contribution < 1.29 is 33.0 Å². The second-order valence-corrected chi connectivity index (χ2v) is 11.0. The molecule has 0 aliphatic heterocycles. The number of halogens is 1. The first-order valence-electron chi connectivity index (χ1n) is 17.7. The van der Waals surface area contributed by atoms with Gasteiger partial charge in [-0.05, 0) is 44.9 Å². The minimum absolute atomic E-state index is 0.0571. The van der Waals surface area contributed by atoms with Crippen molar-refractivity contribution in [1.82, 2.24) is 9.55 Å². The monoisotopic (exact) mass is 657 g/mol. The maximum absolute atomic E-state index is 14.8. The summed E-state index contributed by atoms with van der Waals surface area (Å²) < 4.78 is 32.1. The molecule has 10 nitrogen and oxygen atoms in total. The van der Waals surface area contributed by atoms with Crippen molar-refractivity contribution in [2.75, 3.05) is 18.5 Å². The largest absolute Gasteiger partial charge is 0.508 e. The lowest BCUT2D eigenvalue weighted by Gasteiger charge is -2.26. The molecule has 0 saturated carbocycles. The highest BCUT2D eigenvalue weighted by molar-refractivity contribution is 5.89. The van der Waals surface area contributed by atoms with E-state index in [0.717, 1.165) is 68.6 Å². The smallest absolute Gasteiger partial charge is 0.466 e. The molecule has 3 unspecified atom stereocenters. The van der Waals surface area contributed by atoms with Crippen molar-refractivity contribution in [3.63, 3.8) is 0 Å². The van der Waals surface area contributed by atoms with Crippen LogP contribution in [0, 0.1) is 11.7 Å². The third-order valence-electron chi connectivity index (χ3n) is 7.10. The predicted octanol–water partition coefficient (Wildman–Crippen LogP) is 9.16. The summed E-state index contributed by atoms with van der Waals surface area (Å²) in [5.41, 5.74) is -0.708. The normalized spacial score (nSPS) is 12.3. The summed E-state index contributed by atoms with van der Waals surface area (Å²) in [6.45, 7) is 18.3. The Morgan fingerprint density at radius 2 is 1.41 bits per heavy atom. The lowest BCUT2D eigenvalue weighted by molar-refractivity contribution is -0.144. The summed E-state index contributed by atoms with van der Waals surface area (Å²) in [6.07, 6.45) is 9.41. The Hall–Kier alpha value is -2.98. The van der Waals surface area contributed by atoms with Gasteiger partial charge in [-0.1, -0.05) is 100 Å². The highest BCUT2D eigenvalue weighted by Gasteiger charge is 2.27. The van der Waals surface area contributed by atoms with Crippen molar-refractivity contribution in [2.24, 2.45) is 5.92 Å². The molecular weight excluding hydrogens is 593 g/mol. The maximum Gasteiger partial charge on any atom is 0.508 e. The van der Waals surface area contributed by atoms with Gasteiger partial charge in [0.2, 0.25) is 5.91 Å². The van der Waals surface area contributed by atoms with Crippen molar-refractivity contribution >= 4 is 23.8 Å². The third-order valence-corrected chi connectivity index (χ3v) is 7.10. The van der Waals surface area contributed by atoms with E-state index in [2.05, 4.69) is 24.1 Å². The van der Waals surface area contributed by atoms with Crippen LogP contribution in [0.2, 0.25) is 0 Å². The van der Waals surface area contributed by atoms with Gasteiger partial charge in [-0.15, -0.1) is 0 Å². The number of hydrogen-bond acceptors (Lipinski definition) is 8. The number of aromatic nitrogens is 2. The van der Waals surface area contributed by atoms with Crippen LogP contribution in [0.25, 0.3) is 0 Å². The zero-order valence-corrected chi connectivity index (χ0v) is 30.3. The molecule has 1 amide bonds. The molecule has 0 aromatic carbocycles. The highest BCUT2D eigenvalue weighted by Crippen LogP contribution is 2.25. The van der Waals surface area contributed by atoms with Gasteiger partial charge in [0.05, 0.1) is 13.2 Å². The molecule has 11 heteroatoms. The minimum Gasteiger partial charge on any atom is -0.466 e. The molecular formula is C35H64FN3O7. The van der Waals surface area contributed by atoms with E-state index in [-0.39, 0.29) is 49.5 Å². The van der Waals surface area contributed by atoms with Gasteiger partial charge in [0.25, 0.3) is 0 Å². The molecule has 0 radical (unpaired) electrons. The van der Waals surface area contributed by atoms with Gasteiger partial charge in [0.15, 0.2) is 11.6 Å². The van der Waals surface area contributed by atoms with E-state index in [0.29, 0.717) is 19.4 Å². The van der Waals surface area contributed by atoms with Crippen LogP contribution >= 0.6 is 0 Å². The Morgan fingerprint density at radius 3 is 2.00 bits per heavy atom. The van der Waals surface area contributed by atoms with Crippen LogP contribution in [0.4, 0.5) is 15.0 Å². The molecule has 1 N–H and O–H groups in total. The Morgan fingerprint density at radius 1 is 0.848 bits per heavy atom. The quantitative estimate of drug-likeness (QED) is 0.0966. The third kappa shape index (κ3) is 20.9. The molecule has 1 rings (SSSR count). The molecule has 0 aliphatic carbocycles. The van der Waals surface area contributed by atoms with Crippen LogP contribution < -0.4 is 11.0 Å². The van der Waals surface area contributed by atoms with Crippen LogP contribution in [0.5, 0.6) is 0 Å². The Balaban J connectivity index is 0. The first-order chi connectivity index (χ1) is 22.1. The first kappa shape index (κ1) is 45.1. The summed E-state index contributed by atoms with van der Waals surface area (Å²) in [6, 6.07) is -0.513. The van der Waals surface area contributed by atoms with Crippen molar-refractivity contribution in [2.45, 2.75) is 164 Å².